The normalized spacial score (nSPS) is 30.8. The molecule has 3 aliphatic rings. The van der Waals surface area contributed by atoms with Gasteiger partial charge in [0, 0.05) is 15.7 Å². The van der Waals surface area contributed by atoms with Crippen LogP contribution in [-0.2, 0) is 14.6 Å². The van der Waals surface area contributed by atoms with E-state index in [-0.39, 0.29) is 11.9 Å². The van der Waals surface area contributed by atoms with Crippen LogP contribution in [0.5, 0.6) is 0 Å². The van der Waals surface area contributed by atoms with Gasteiger partial charge in [-0.15, -0.1) is 11.8 Å². The Bertz CT molecular complexity index is 691. The highest BCUT2D eigenvalue weighted by Gasteiger charge is 2.40. The monoisotopic (exact) mass is 308 g/mol. The van der Waals surface area contributed by atoms with Crippen LogP contribution in [0.4, 0.5) is 0 Å². The molecule has 20 heavy (non-hydrogen) atoms. The summed E-state index contributed by atoms with van der Waals surface area (Å²) in [6.07, 6.45) is 4.91. The highest BCUT2D eigenvalue weighted by molar-refractivity contribution is 8.05. The predicted octanol–water partition coefficient (Wildman–Crippen LogP) is 3.22. The lowest BCUT2D eigenvalue weighted by Gasteiger charge is -2.39. The van der Waals surface area contributed by atoms with Gasteiger partial charge < -0.3 is 4.74 Å². The fourth-order valence-corrected chi connectivity index (χ4v) is 6.68. The van der Waals surface area contributed by atoms with Crippen molar-refractivity contribution in [1.29, 1.82) is 0 Å². The van der Waals surface area contributed by atoms with Crippen molar-refractivity contribution < 1.29 is 13.2 Å². The van der Waals surface area contributed by atoms with Crippen molar-refractivity contribution in [2.24, 2.45) is 0 Å². The topological polar surface area (TPSA) is 43.4 Å². The molecule has 0 amide bonds. The molecule has 1 saturated carbocycles. The van der Waals surface area contributed by atoms with Crippen LogP contribution in [0, 0.1) is 0 Å². The lowest BCUT2D eigenvalue weighted by atomic mass is 9.96. The van der Waals surface area contributed by atoms with E-state index in [0.717, 1.165) is 29.1 Å². The molecule has 1 aromatic rings. The second kappa shape index (κ2) is 4.53. The van der Waals surface area contributed by atoms with Crippen molar-refractivity contribution >= 4 is 27.4 Å². The molecule has 4 rings (SSSR count). The molecule has 0 aromatic heterocycles. The van der Waals surface area contributed by atoms with Gasteiger partial charge in [-0.2, -0.15) is 0 Å². The van der Waals surface area contributed by atoms with Crippen LogP contribution < -0.4 is 0 Å². The summed E-state index contributed by atoms with van der Waals surface area (Å²) in [5.74, 6) is 0.927. The smallest absolute Gasteiger partial charge is 0.183 e. The molecule has 0 N–H and O–H groups in total. The molecule has 106 valence electrons. The highest BCUT2D eigenvalue weighted by Crippen LogP contribution is 2.48. The van der Waals surface area contributed by atoms with E-state index in [1.807, 2.05) is 12.1 Å². The van der Waals surface area contributed by atoms with Crippen LogP contribution in [0.25, 0.3) is 5.76 Å². The average molecular weight is 308 g/mol. The Balaban J connectivity index is 1.84. The largest absolute Gasteiger partial charge is 0.488 e. The number of benzene rings is 1. The van der Waals surface area contributed by atoms with Crippen molar-refractivity contribution in [3.63, 3.8) is 0 Å². The zero-order valence-corrected chi connectivity index (χ0v) is 12.7. The van der Waals surface area contributed by atoms with E-state index in [2.05, 4.69) is 0 Å². The molecule has 1 fully saturated rings. The molecule has 2 atom stereocenters. The van der Waals surface area contributed by atoms with Crippen LogP contribution >= 0.6 is 11.8 Å². The summed E-state index contributed by atoms with van der Waals surface area (Å²) < 4.78 is 31.0. The molecule has 2 aliphatic heterocycles. The molecule has 5 heteroatoms. The van der Waals surface area contributed by atoms with Gasteiger partial charge in [0.1, 0.15) is 11.9 Å². The first-order chi connectivity index (χ1) is 9.65. The first-order valence-electron chi connectivity index (χ1n) is 7.04. The molecule has 0 spiro atoms. The average Bonchev–Trinajstić information content (AvgIpc) is 2.45. The molecule has 3 nitrogen and oxygen atoms in total. The minimum absolute atomic E-state index is 0.104. The Kier molecular flexibility index (Phi) is 2.89. The predicted molar refractivity (Wildman–Crippen MR) is 80.1 cm³/mol. The Morgan fingerprint density at radius 1 is 1.15 bits per heavy atom. The maximum atomic E-state index is 12.4. The van der Waals surface area contributed by atoms with Gasteiger partial charge >= 0.3 is 0 Å². The fourth-order valence-electron chi connectivity index (χ4n) is 3.27. The quantitative estimate of drug-likeness (QED) is 0.738. The zero-order chi connectivity index (χ0) is 13.7. The number of sulfone groups is 1. The molecular formula is C15H16O3S2. The van der Waals surface area contributed by atoms with Gasteiger partial charge in [0.25, 0.3) is 0 Å². The molecule has 0 saturated heterocycles. The first kappa shape index (κ1) is 12.8. The van der Waals surface area contributed by atoms with Crippen molar-refractivity contribution in [1.82, 2.24) is 0 Å². The van der Waals surface area contributed by atoms with Gasteiger partial charge in [-0.25, -0.2) is 8.42 Å². The number of hydrogen-bond acceptors (Lipinski definition) is 4. The van der Waals surface area contributed by atoms with Crippen LogP contribution in [0.15, 0.2) is 34.1 Å². The summed E-state index contributed by atoms with van der Waals surface area (Å²) in [6.45, 7) is 0. The number of rotatable bonds is 0. The first-order valence-corrected chi connectivity index (χ1v) is 9.57. The third-order valence-corrected chi connectivity index (χ3v) is 7.58. The number of ether oxygens (including phenoxy) is 1. The third-order valence-electron chi connectivity index (χ3n) is 4.25. The van der Waals surface area contributed by atoms with E-state index in [1.54, 1.807) is 23.9 Å². The molecule has 0 bridgehead atoms. The maximum Gasteiger partial charge on any atom is 0.183 e. The summed E-state index contributed by atoms with van der Waals surface area (Å²) in [5, 5.41) is 0.433. The van der Waals surface area contributed by atoms with Gasteiger partial charge in [0.15, 0.2) is 9.84 Å². The third kappa shape index (κ3) is 1.91. The molecule has 2 heterocycles. The van der Waals surface area contributed by atoms with E-state index >= 15 is 0 Å². The van der Waals surface area contributed by atoms with Crippen LogP contribution in [0.2, 0.25) is 0 Å². The summed E-state index contributed by atoms with van der Waals surface area (Å²) in [7, 11) is -3.21. The van der Waals surface area contributed by atoms with Crippen LogP contribution in [0.3, 0.4) is 0 Å². The summed E-state index contributed by atoms with van der Waals surface area (Å²) in [6, 6.07) is 7.22. The second-order valence-electron chi connectivity index (χ2n) is 5.60. The molecule has 2 unspecified atom stereocenters. The van der Waals surface area contributed by atoms with Crippen LogP contribution in [0.1, 0.15) is 31.2 Å². The van der Waals surface area contributed by atoms with Gasteiger partial charge in [-0.1, -0.05) is 18.6 Å². The van der Waals surface area contributed by atoms with Gasteiger partial charge in [0.2, 0.25) is 0 Å². The van der Waals surface area contributed by atoms with Gasteiger partial charge in [0.05, 0.1) is 10.6 Å². The van der Waals surface area contributed by atoms with E-state index in [0.29, 0.717) is 10.1 Å². The standard InChI is InChI=1S/C15H16O3S2/c16-20(17)9-13-15(10-5-1-4-8-14(10)20)18-11-6-2-3-7-12(11)19-13/h1,4-5,8,11-12H,2-3,6-7,9H2. The van der Waals surface area contributed by atoms with E-state index < -0.39 is 9.84 Å². The Hall–Kier alpha value is -0.940. The molecule has 0 radical (unpaired) electrons. The van der Waals surface area contributed by atoms with Gasteiger partial charge in [-0.3, -0.25) is 0 Å². The Morgan fingerprint density at radius 3 is 2.85 bits per heavy atom. The summed E-state index contributed by atoms with van der Waals surface area (Å²) >= 11 is 1.74. The Labute approximate surface area is 123 Å². The Morgan fingerprint density at radius 2 is 1.95 bits per heavy atom. The highest BCUT2D eigenvalue weighted by atomic mass is 32.2. The van der Waals surface area contributed by atoms with E-state index in [1.165, 1.54) is 12.8 Å². The van der Waals surface area contributed by atoms with E-state index in [9.17, 15) is 8.42 Å². The van der Waals surface area contributed by atoms with Crippen molar-refractivity contribution in [3.05, 3.63) is 34.7 Å². The minimum atomic E-state index is -3.21. The van der Waals surface area contributed by atoms with Crippen molar-refractivity contribution in [3.8, 4) is 0 Å². The van der Waals surface area contributed by atoms with E-state index in [4.69, 9.17) is 4.74 Å². The zero-order valence-electron chi connectivity index (χ0n) is 11.0. The lowest BCUT2D eigenvalue weighted by molar-refractivity contribution is 0.127. The molecule has 1 aromatic carbocycles. The minimum Gasteiger partial charge on any atom is -0.488 e. The summed E-state index contributed by atoms with van der Waals surface area (Å²) in [5.41, 5.74) is 0.755. The number of hydrogen-bond donors (Lipinski definition) is 0. The molecule has 1 aliphatic carbocycles. The van der Waals surface area contributed by atoms with Crippen molar-refractivity contribution in [2.75, 3.05) is 5.75 Å². The SMILES string of the molecule is O=S1(=O)CC2=C(OC3CCCCC3S2)c2ccccc21. The second-order valence-corrected chi connectivity index (χ2v) is 8.90. The summed E-state index contributed by atoms with van der Waals surface area (Å²) in [4.78, 5) is 1.33. The fraction of sp³-hybridized carbons (Fsp3) is 0.467. The lowest BCUT2D eigenvalue weighted by Crippen LogP contribution is -2.35. The molecular weight excluding hydrogens is 292 g/mol. The van der Waals surface area contributed by atoms with Gasteiger partial charge in [-0.05, 0) is 31.4 Å². The van der Waals surface area contributed by atoms with Crippen molar-refractivity contribution in [2.45, 2.75) is 41.9 Å². The number of thioether (sulfide) groups is 1. The number of fused-ring (bicyclic) bond motifs is 3. The maximum absolute atomic E-state index is 12.4. The van der Waals surface area contributed by atoms with Crippen LogP contribution in [-0.4, -0.2) is 25.5 Å².